The second kappa shape index (κ2) is 5.98. The highest BCUT2D eigenvalue weighted by molar-refractivity contribution is 5.77. The third-order valence-corrected chi connectivity index (χ3v) is 2.67. The Hall–Kier alpha value is -0.610. The van der Waals surface area contributed by atoms with Crippen LogP contribution in [0.2, 0.25) is 0 Å². The summed E-state index contributed by atoms with van der Waals surface area (Å²) in [4.78, 5) is 11.6. The van der Waals surface area contributed by atoms with E-state index in [9.17, 15) is 4.79 Å². The first-order valence-electron chi connectivity index (χ1n) is 5.49. The van der Waals surface area contributed by atoms with Crippen LogP contribution in [0, 0.1) is 5.92 Å². The van der Waals surface area contributed by atoms with Crippen LogP contribution >= 0.6 is 0 Å². The molecular formula is C10H21N3O. The van der Waals surface area contributed by atoms with Crippen LogP contribution in [0.4, 0.5) is 0 Å². The number of amides is 1. The number of hydrogen-bond donors (Lipinski definition) is 2. The molecular weight excluding hydrogens is 178 g/mol. The molecule has 1 saturated heterocycles. The Morgan fingerprint density at radius 1 is 1.43 bits per heavy atom. The average molecular weight is 199 g/mol. The lowest BCUT2D eigenvalue weighted by Crippen LogP contribution is -2.47. The fraction of sp³-hybridized carbons (Fsp3) is 0.900. The standard InChI is InChI=1S/C10H21N3O/c1-9(5-6-11)10(14)12-13-7-3-2-4-8-13/h9H,2-8,11H2,1H3,(H,12,14). The number of hydrogen-bond acceptors (Lipinski definition) is 3. The summed E-state index contributed by atoms with van der Waals surface area (Å²) in [7, 11) is 0. The highest BCUT2D eigenvalue weighted by Crippen LogP contribution is 2.07. The summed E-state index contributed by atoms with van der Waals surface area (Å²) in [6, 6.07) is 0. The summed E-state index contributed by atoms with van der Waals surface area (Å²) in [5, 5.41) is 2.03. The second-order valence-corrected chi connectivity index (χ2v) is 4.00. The molecule has 0 spiro atoms. The van der Waals surface area contributed by atoms with Crippen LogP contribution < -0.4 is 11.2 Å². The van der Waals surface area contributed by atoms with Crippen LogP contribution in [-0.2, 0) is 4.79 Å². The van der Waals surface area contributed by atoms with E-state index in [1.165, 1.54) is 19.3 Å². The van der Waals surface area contributed by atoms with E-state index in [2.05, 4.69) is 5.43 Å². The van der Waals surface area contributed by atoms with Crippen molar-refractivity contribution in [2.75, 3.05) is 19.6 Å². The van der Waals surface area contributed by atoms with E-state index >= 15 is 0 Å². The first-order valence-corrected chi connectivity index (χ1v) is 5.49. The van der Waals surface area contributed by atoms with Gasteiger partial charge in [0.1, 0.15) is 0 Å². The molecule has 3 N–H and O–H groups in total. The van der Waals surface area contributed by atoms with E-state index in [4.69, 9.17) is 5.73 Å². The summed E-state index contributed by atoms with van der Waals surface area (Å²) < 4.78 is 0. The third kappa shape index (κ3) is 3.64. The number of carbonyl (C=O) groups excluding carboxylic acids is 1. The van der Waals surface area contributed by atoms with Gasteiger partial charge in [-0.05, 0) is 25.8 Å². The average Bonchev–Trinajstić information content (AvgIpc) is 2.19. The second-order valence-electron chi connectivity index (χ2n) is 4.00. The Balaban J connectivity index is 2.24. The highest BCUT2D eigenvalue weighted by atomic mass is 16.2. The van der Waals surface area contributed by atoms with Gasteiger partial charge in [0.25, 0.3) is 0 Å². The number of nitrogens with one attached hydrogen (secondary N) is 1. The van der Waals surface area contributed by atoms with Crippen molar-refractivity contribution in [1.82, 2.24) is 10.4 Å². The zero-order valence-electron chi connectivity index (χ0n) is 8.96. The van der Waals surface area contributed by atoms with Crippen molar-refractivity contribution in [1.29, 1.82) is 0 Å². The molecule has 14 heavy (non-hydrogen) atoms. The van der Waals surface area contributed by atoms with E-state index in [0.29, 0.717) is 6.54 Å². The Morgan fingerprint density at radius 2 is 2.07 bits per heavy atom. The van der Waals surface area contributed by atoms with E-state index in [1.54, 1.807) is 0 Å². The minimum Gasteiger partial charge on any atom is -0.330 e. The molecule has 1 aliphatic heterocycles. The number of nitrogens with zero attached hydrogens (tertiary/aromatic N) is 1. The Labute approximate surface area is 85.8 Å². The van der Waals surface area contributed by atoms with Crippen LogP contribution in [0.5, 0.6) is 0 Å². The molecule has 4 heteroatoms. The first kappa shape index (κ1) is 11.5. The van der Waals surface area contributed by atoms with Crippen LogP contribution in [0.15, 0.2) is 0 Å². The summed E-state index contributed by atoms with van der Waals surface area (Å²) >= 11 is 0. The number of rotatable bonds is 4. The number of nitrogens with two attached hydrogens (primary N) is 1. The maximum atomic E-state index is 11.6. The van der Waals surface area contributed by atoms with Gasteiger partial charge in [-0.3, -0.25) is 10.2 Å². The smallest absolute Gasteiger partial charge is 0.237 e. The van der Waals surface area contributed by atoms with Crippen LogP contribution in [0.1, 0.15) is 32.6 Å². The van der Waals surface area contributed by atoms with E-state index in [-0.39, 0.29) is 11.8 Å². The van der Waals surface area contributed by atoms with Gasteiger partial charge in [0.2, 0.25) is 5.91 Å². The summed E-state index contributed by atoms with van der Waals surface area (Å²) in [5.41, 5.74) is 8.35. The SMILES string of the molecule is CC(CCN)C(=O)NN1CCCCC1. The van der Waals surface area contributed by atoms with Crippen LogP contribution in [0.3, 0.4) is 0 Å². The molecule has 0 radical (unpaired) electrons. The van der Waals surface area contributed by atoms with Gasteiger partial charge in [-0.25, -0.2) is 5.01 Å². The van der Waals surface area contributed by atoms with E-state index in [1.807, 2.05) is 11.9 Å². The predicted molar refractivity (Wildman–Crippen MR) is 56.4 cm³/mol. The van der Waals surface area contributed by atoms with Crippen LogP contribution in [-0.4, -0.2) is 30.6 Å². The topological polar surface area (TPSA) is 58.4 Å². The molecule has 1 atom stereocenters. The van der Waals surface area contributed by atoms with Crippen LogP contribution in [0.25, 0.3) is 0 Å². The van der Waals surface area contributed by atoms with Gasteiger partial charge < -0.3 is 5.73 Å². The molecule has 0 bridgehead atoms. The van der Waals surface area contributed by atoms with Crippen molar-refractivity contribution in [3.63, 3.8) is 0 Å². The zero-order chi connectivity index (χ0) is 10.4. The number of piperidine rings is 1. The fourth-order valence-corrected chi connectivity index (χ4v) is 1.65. The molecule has 4 nitrogen and oxygen atoms in total. The van der Waals surface area contributed by atoms with Gasteiger partial charge in [0.05, 0.1) is 0 Å². The molecule has 0 aliphatic carbocycles. The van der Waals surface area contributed by atoms with Crippen molar-refractivity contribution in [3.05, 3.63) is 0 Å². The number of hydrazine groups is 1. The molecule has 0 aromatic carbocycles. The maximum Gasteiger partial charge on any atom is 0.237 e. The predicted octanol–water partition coefficient (Wildman–Crippen LogP) is 0.488. The molecule has 82 valence electrons. The third-order valence-electron chi connectivity index (χ3n) is 2.67. The molecule has 1 rings (SSSR count). The molecule has 0 aromatic rings. The summed E-state index contributed by atoms with van der Waals surface area (Å²) in [6.45, 7) is 4.48. The van der Waals surface area contributed by atoms with E-state index < -0.39 is 0 Å². The minimum atomic E-state index is 0.0296. The van der Waals surface area contributed by atoms with Crippen molar-refractivity contribution >= 4 is 5.91 Å². The number of carbonyl (C=O) groups is 1. The Bertz CT molecular complexity index is 178. The largest absolute Gasteiger partial charge is 0.330 e. The normalized spacial score (nSPS) is 20.4. The van der Waals surface area contributed by atoms with Crippen molar-refractivity contribution in [2.24, 2.45) is 11.7 Å². The van der Waals surface area contributed by atoms with Crippen molar-refractivity contribution < 1.29 is 4.79 Å². The van der Waals surface area contributed by atoms with Gasteiger partial charge in [-0.1, -0.05) is 13.3 Å². The van der Waals surface area contributed by atoms with Crippen molar-refractivity contribution in [3.8, 4) is 0 Å². The lowest BCUT2D eigenvalue weighted by Gasteiger charge is -2.28. The molecule has 0 saturated carbocycles. The summed E-state index contributed by atoms with van der Waals surface area (Å²) in [5.74, 6) is 0.138. The van der Waals surface area contributed by atoms with Gasteiger partial charge in [-0.2, -0.15) is 0 Å². The van der Waals surface area contributed by atoms with Gasteiger partial charge in [0.15, 0.2) is 0 Å². The quantitative estimate of drug-likeness (QED) is 0.692. The molecule has 1 aliphatic rings. The minimum absolute atomic E-state index is 0.0296. The first-order chi connectivity index (χ1) is 6.74. The summed E-state index contributed by atoms with van der Waals surface area (Å²) in [6.07, 6.45) is 4.42. The monoisotopic (exact) mass is 199 g/mol. The fourth-order valence-electron chi connectivity index (χ4n) is 1.65. The molecule has 1 unspecified atom stereocenters. The van der Waals surface area contributed by atoms with Gasteiger partial charge >= 0.3 is 0 Å². The lowest BCUT2D eigenvalue weighted by atomic mass is 10.1. The lowest BCUT2D eigenvalue weighted by molar-refractivity contribution is -0.130. The molecule has 1 heterocycles. The van der Waals surface area contributed by atoms with Gasteiger partial charge in [0, 0.05) is 19.0 Å². The highest BCUT2D eigenvalue weighted by Gasteiger charge is 2.16. The molecule has 1 fully saturated rings. The van der Waals surface area contributed by atoms with E-state index in [0.717, 1.165) is 19.5 Å². The van der Waals surface area contributed by atoms with Gasteiger partial charge in [-0.15, -0.1) is 0 Å². The Kier molecular flexibility index (Phi) is 4.90. The van der Waals surface area contributed by atoms with Crippen molar-refractivity contribution in [2.45, 2.75) is 32.6 Å². The Morgan fingerprint density at radius 3 is 2.64 bits per heavy atom. The molecule has 1 amide bonds. The maximum absolute atomic E-state index is 11.6. The molecule has 0 aromatic heterocycles. The zero-order valence-corrected chi connectivity index (χ0v) is 8.96.